The highest BCUT2D eigenvalue weighted by Crippen LogP contribution is 2.21. The van der Waals surface area contributed by atoms with Gasteiger partial charge in [0.05, 0.1) is 12.9 Å². The highest BCUT2D eigenvalue weighted by Gasteiger charge is 2.19. The molecular weight excluding hydrogens is 317 g/mol. The normalized spacial score (nSPS) is 11.8. The largest absolute Gasteiger partial charge is 0.497 e. The summed E-state index contributed by atoms with van der Waals surface area (Å²) in [7, 11) is -2.46. The third-order valence-electron chi connectivity index (χ3n) is 3.14. The summed E-state index contributed by atoms with van der Waals surface area (Å²) in [6.07, 6.45) is 1.03. The molecule has 0 bridgehead atoms. The van der Waals surface area contributed by atoms with Gasteiger partial charge in [-0.05, 0) is 23.8 Å². The molecule has 0 fully saturated rings. The summed E-state index contributed by atoms with van der Waals surface area (Å²) >= 11 is 0. The number of allylic oxidation sites excluding steroid dienone is 1. The van der Waals surface area contributed by atoms with Gasteiger partial charge in [0.1, 0.15) is 22.5 Å². The van der Waals surface area contributed by atoms with Crippen molar-refractivity contribution in [2.45, 2.75) is 5.75 Å². The molecule has 23 heavy (non-hydrogen) atoms. The second-order valence-electron chi connectivity index (χ2n) is 4.75. The van der Waals surface area contributed by atoms with Crippen LogP contribution in [-0.4, -0.2) is 15.5 Å². The average Bonchev–Trinajstić information content (AvgIpc) is 2.53. The molecule has 0 aliphatic carbocycles. The third-order valence-corrected chi connectivity index (χ3v) is 4.73. The number of hydrogen-bond donors (Lipinski definition) is 0. The molecule has 0 radical (unpaired) electrons. The van der Waals surface area contributed by atoms with Crippen LogP contribution >= 0.6 is 0 Å². The fraction of sp³-hybridized carbons (Fsp3) is 0.118. The molecule has 2 aromatic carbocycles. The minimum atomic E-state index is -3.85. The Morgan fingerprint density at radius 1 is 1.26 bits per heavy atom. The molecule has 6 heteroatoms. The van der Waals surface area contributed by atoms with E-state index in [1.54, 1.807) is 36.4 Å². The van der Waals surface area contributed by atoms with Crippen LogP contribution in [0.4, 0.5) is 4.39 Å². The Bertz CT molecular complexity index is 868. The summed E-state index contributed by atoms with van der Waals surface area (Å²) in [6.45, 7) is 0. The van der Waals surface area contributed by atoms with E-state index in [1.807, 2.05) is 0 Å². The van der Waals surface area contributed by atoms with Gasteiger partial charge >= 0.3 is 0 Å². The minimum Gasteiger partial charge on any atom is -0.497 e. The first-order chi connectivity index (χ1) is 11.0. The van der Waals surface area contributed by atoms with E-state index in [-0.39, 0.29) is 11.3 Å². The predicted molar refractivity (Wildman–Crippen MR) is 85.6 cm³/mol. The molecule has 0 heterocycles. The summed E-state index contributed by atoms with van der Waals surface area (Å²) in [6, 6.07) is 14.1. The van der Waals surface area contributed by atoms with E-state index in [4.69, 9.17) is 10.00 Å². The zero-order valence-electron chi connectivity index (χ0n) is 12.4. The smallest absolute Gasteiger partial charge is 0.192 e. The standard InChI is InChI=1S/C17H14FNO3S/c1-22-15-8-7-14(17(18)10-15)9-16(11-19)23(20,21)12-13-5-3-2-4-6-13/h2-10H,12H2,1H3. The highest BCUT2D eigenvalue weighted by atomic mass is 32.2. The molecule has 0 aromatic heterocycles. The molecule has 2 rings (SSSR count). The maximum absolute atomic E-state index is 13.9. The quantitative estimate of drug-likeness (QED) is 0.788. The van der Waals surface area contributed by atoms with Crippen LogP contribution in [-0.2, 0) is 15.6 Å². The first-order valence-electron chi connectivity index (χ1n) is 6.68. The second kappa shape index (κ2) is 7.07. The zero-order valence-corrected chi connectivity index (χ0v) is 13.2. The van der Waals surface area contributed by atoms with Crippen LogP contribution in [0.15, 0.2) is 53.4 Å². The molecule has 0 spiro atoms. The van der Waals surface area contributed by atoms with E-state index >= 15 is 0 Å². The van der Waals surface area contributed by atoms with Gasteiger partial charge in [-0.3, -0.25) is 0 Å². The van der Waals surface area contributed by atoms with Crippen molar-refractivity contribution in [3.05, 3.63) is 70.4 Å². The predicted octanol–water partition coefficient (Wildman–Crippen LogP) is 3.31. The minimum absolute atomic E-state index is 0.0130. The monoisotopic (exact) mass is 331 g/mol. The number of nitrogens with zero attached hydrogens (tertiary/aromatic N) is 1. The van der Waals surface area contributed by atoms with Gasteiger partial charge in [-0.15, -0.1) is 0 Å². The Labute approximate surface area is 134 Å². The summed E-state index contributed by atoms with van der Waals surface area (Å²) in [5.41, 5.74) is 0.572. The van der Waals surface area contributed by atoms with Crippen molar-refractivity contribution in [2.24, 2.45) is 0 Å². The molecule has 0 amide bonds. The second-order valence-corrected chi connectivity index (χ2v) is 6.71. The average molecular weight is 331 g/mol. The van der Waals surface area contributed by atoms with Crippen LogP contribution < -0.4 is 4.74 Å². The van der Waals surface area contributed by atoms with Gasteiger partial charge in [-0.1, -0.05) is 30.3 Å². The summed E-state index contributed by atoms with van der Waals surface area (Å²) in [5.74, 6) is -0.664. The van der Waals surface area contributed by atoms with Crippen LogP contribution in [0.25, 0.3) is 6.08 Å². The van der Waals surface area contributed by atoms with E-state index in [1.165, 1.54) is 19.2 Å². The molecule has 0 saturated heterocycles. The van der Waals surface area contributed by atoms with Crippen molar-refractivity contribution in [1.29, 1.82) is 5.26 Å². The van der Waals surface area contributed by atoms with Crippen molar-refractivity contribution in [2.75, 3.05) is 7.11 Å². The molecule has 0 unspecified atom stereocenters. The van der Waals surface area contributed by atoms with Gasteiger partial charge in [0.25, 0.3) is 0 Å². The van der Waals surface area contributed by atoms with Crippen LogP contribution in [0, 0.1) is 17.1 Å². The van der Waals surface area contributed by atoms with Gasteiger partial charge < -0.3 is 4.74 Å². The lowest BCUT2D eigenvalue weighted by Crippen LogP contribution is -2.06. The molecule has 0 N–H and O–H groups in total. The van der Waals surface area contributed by atoms with E-state index < -0.39 is 20.6 Å². The Balaban J connectivity index is 2.37. The Morgan fingerprint density at radius 3 is 2.52 bits per heavy atom. The van der Waals surface area contributed by atoms with E-state index in [9.17, 15) is 12.8 Å². The fourth-order valence-electron chi connectivity index (χ4n) is 1.96. The van der Waals surface area contributed by atoms with Crippen molar-refractivity contribution in [3.8, 4) is 11.8 Å². The van der Waals surface area contributed by atoms with Crippen molar-refractivity contribution >= 4 is 15.9 Å². The van der Waals surface area contributed by atoms with Crippen molar-refractivity contribution in [1.82, 2.24) is 0 Å². The van der Waals surface area contributed by atoms with Gasteiger partial charge in [-0.2, -0.15) is 5.26 Å². The fourth-order valence-corrected chi connectivity index (χ4v) is 3.19. The summed E-state index contributed by atoms with van der Waals surface area (Å²) in [4.78, 5) is -0.481. The first kappa shape index (κ1) is 16.7. The number of hydrogen-bond acceptors (Lipinski definition) is 4. The maximum Gasteiger partial charge on any atom is 0.192 e. The van der Waals surface area contributed by atoms with Crippen molar-refractivity contribution in [3.63, 3.8) is 0 Å². The molecule has 2 aromatic rings. The molecule has 118 valence electrons. The molecule has 4 nitrogen and oxygen atoms in total. The molecule has 0 aliphatic rings. The zero-order chi connectivity index (χ0) is 16.9. The van der Waals surface area contributed by atoms with Crippen LogP contribution in [0.2, 0.25) is 0 Å². The van der Waals surface area contributed by atoms with Gasteiger partial charge in [0, 0.05) is 11.6 Å². The molecular formula is C17H14FNO3S. The molecule has 0 aliphatic heterocycles. The number of benzene rings is 2. The van der Waals surface area contributed by atoms with E-state index in [0.717, 1.165) is 12.1 Å². The maximum atomic E-state index is 13.9. The number of methoxy groups -OCH3 is 1. The highest BCUT2D eigenvalue weighted by molar-refractivity contribution is 7.95. The van der Waals surface area contributed by atoms with Gasteiger partial charge in [-0.25, -0.2) is 12.8 Å². The lowest BCUT2D eigenvalue weighted by atomic mass is 10.2. The SMILES string of the molecule is COc1ccc(C=C(C#N)S(=O)(=O)Cc2ccccc2)c(F)c1. The summed E-state index contributed by atoms with van der Waals surface area (Å²) < 4.78 is 43.5. The van der Waals surface area contributed by atoms with Crippen LogP contribution in [0.3, 0.4) is 0 Å². The third kappa shape index (κ3) is 4.18. The van der Waals surface area contributed by atoms with Crippen LogP contribution in [0.5, 0.6) is 5.75 Å². The number of sulfone groups is 1. The van der Waals surface area contributed by atoms with Gasteiger partial charge in [0.2, 0.25) is 0 Å². The number of ether oxygens (including phenoxy) is 1. The lowest BCUT2D eigenvalue weighted by Gasteiger charge is -2.05. The van der Waals surface area contributed by atoms with E-state index in [0.29, 0.717) is 11.3 Å². The number of halogens is 1. The molecule has 0 atom stereocenters. The lowest BCUT2D eigenvalue weighted by molar-refractivity contribution is 0.411. The Kier molecular flexibility index (Phi) is 5.14. The van der Waals surface area contributed by atoms with Crippen molar-refractivity contribution < 1.29 is 17.5 Å². The topological polar surface area (TPSA) is 67.2 Å². The van der Waals surface area contributed by atoms with E-state index in [2.05, 4.69) is 0 Å². The number of rotatable bonds is 5. The molecule has 0 saturated carbocycles. The Morgan fingerprint density at radius 2 is 1.96 bits per heavy atom. The number of nitriles is 1. The summed E-state index contributed by atoms with van der Waals surface area (Å²) in [5, 5.41) is 9.15. The van der Waals surface area contributed by atoms with Gasteiger partial charge in [0.15, 0.2) is 9.84 Å². The Hall–Kier alpha value is -2.65. The van der Waals surface area contributed by atoms with Crippen LogP contribution in [0.1, 0.15) is 11.1 Å². The first-order valence-corrected chi connectivity index (χ1v) is 8.33.